The van der Waals surface area contributed by atoms with Crippen LogP contribution in [-0.4, -0.2) is 21.9 Å². The van der Waals surface area contributed by atoms with Gasteiger partial charge in [0.05, 0.1) is 24.9 Å². The van der Waals surface area contributed by atoms with Crippen molar-refractivity contribution >= 4 is 5.69 Å². The maximum atomic E-state index is 10.0. The van der Waals surface area contributed by atoms with E-state index in [1.807, 2.05) is 36.4 Å². The Morgan fingerprint density at radius 1 is 1.26 bits per heavy atom. The van der Waals surface area contributed by atoms with Crippen molar-refractivity contribution < 1.29 is 14.3 Å². The van der Waals surface area contributed by atoms with Gasteiger partial charge < -0.3 is 19.6 Å². The van der Waals surface area contributed by atoms with E-state index in [-0.39, 0.29) is 0 Å². The minimum Gasteiger partial charge on any atom is -0.491 e. The molecule has 1 aliphatic heterocycles. The van der Waals surface area contributed by atoms with Gasteiger partial charge in [-0.3, -0.25) is 5.10 Å². The van der Waals surface area contributed by atoms with Gasteiger partial charge in [-0.05, 0) is 24.3 Å². The SMILES string of the molecule is O[C@@H]1CCOc2c(NCc3ccc(-c4ccn[nH]4)o3)cccc21. The van der Waals surface area contributed by atoms with Crippen LogP contribution in [0.2, 0.25) is 0 Å². The zero-order valence-corrected chi connectivity index (χ0v) is 12.5. The summed E-state index contributed by atoms with van der Waals surface area (Å²) in [6.07, 6.45) is 1.85. The number of fused-ring (bicyclic) bond motifs is 1. The number of furan rings is 1. The number of ether oxygens (including phenoxy) is 1. The molecule has 1 atom stereocenters. The van der Waals surface area contributed by atoms with Crippen molar-refractivity contribution in [1.82, 2.24) is 10.2 Å². The topological polar surface area (TPSA) is 83.3 Å². The molecule has 1 aliphatic rings. The lowest BCUT2D eigenvalue weighted by Crippen LogP contribution is -2.15. The van der Waals surface area contributed by atoms with Crippen molar-refractivity contribution in [1.29, 1.82) is 0 Å². The number of nitrogens with zero attached hydrogens (tertiary/aromatic N) is 1. The van der Waals surface area contributed by atoms with E-state index in [4.69, 9.17) is 9.15 Å². The lowest BCUT2D eigenvalue weighted by molar-refractivity contribution is 0.116. The number of rotatable bonds is 4. The monoisotopic (exact) mass is 311 g/mol. The highest BCUT2D eigenvalue weighted by atomic mass is 16.5. The van der Waals surface area contributed by atoms with Crippen molar-refractivity contribution in [2.45, 2.75) is 19.1 Å². The van der Waals surface area contributed by atoms with Crippen molar-refractivity contribution in [3.63, 3.8) is 0 Å². The van der Waals surface area contributed by atoms with Crippen LogP contribution in [0, 0.1) is 0 Å². The Balaban J connectivity index is 1.51. The molecule has 4 rings (SSSR count). The predicted octanol–water partition coefficient (Wildman–Crippen LogP) is 3.10. The van der Waals surface area contributed by atoms with E-state index < -0.39 is 6.10 Å². The summed E-state index contributed by atoms with van der Waals surface area (Å²) in [7, 11) is 0. The van der Waals surface area contributed by atoms with Gasteiger partial charge in [-0.25, -0.2) is 0 Å². The van der Waals surface area contributed by atoms with Gasteiger partial charge in [-0.15, -0.1) is 0 Å². The Labute approximate surface area is 133 Å². The second-order valence-corrected chi connectivity index (χ2v) is 5.47. The molecule has 0 saturated heterocycles. The summed E-state index contributed by atoms with van der Waals surface area (Å²) in [5, 5.41) is 20.1. The number of hydrogen-bond donors (Lipinski definition) is 3. The molecule has 2 aromatic heterocycles. The Morgan fingerprint density at radius 2 is 2.22 bits per heavy atom. The highest BCUT2D eigenvalue weighted by Crippen LogP contribution is 2.38. The standard InChI is InChI=1S/C17H17N3O3/c21-15-7-9-22-17-12(15)2-1-3-14(17)18-10-11-4-5-16(23-11)13-6-8-19-20-13/h1-6,8,15,18,21H,7,9-10H2,(H,19,20)/t15-/m1/s1. The number of para-hydroxylation sites is 1. The van der Waals surface area contributed by atoms with Crippen LogP contribution in [0.25, 0.3) is 11.5 Å². The average Bonchev–Trinajstić information content (AvgIpc) is 3.25. The fraction of sp³-hybridized carbons (Fsp3) is 0.235. The molecule has 0 bridgehead atoms. The van der Waals surface area contributed by atoms with Crippen LogP contribution in [0.4, 0.5) is 5.69 Å². The molecule has 0 fully saturated rings. The molecule has 0 saturated carbocycles. The third-order valence-corrected chi connectivity index (χ3v) is 3.92. The maximum Gasteiger partial charge on any atom is 0.152 e. The van der Waals surface area contributed by atoms with Crippen LogP contribution in [0.3, 0.4) is 0 Å². The Kier molecular flexibility index (Phi) is 3.51. The lowest BCUT2D eigenvalue weighted by Gasteiger charge is -2.24. The van der Waals surface area contributed by atoms with Gasteiger partial charge >= 0.3 is 0 Å². The summed E-state index contributed by atoms with van der Waals surface area (Å²) in [5.74, 6) is 2.29. The lowest BCUT2D eigenvalue weighted by atomic mass is 10.0. The first-order valence-electron chi connectivity index (χ1n) is 7.57. The number of nitrogens with one attached hydrogen (secondary N) is 2. The molecule has 0 spiro atoms. The van der Waals surface area contributed by atoms with E-state index in [0.29, 0.717) is 19.6 Å². The van der Waals surface area contributed by atoms with Gasteiger partial charge in [0.15, 0.2) is 5.76 Å². The summed E-state index contributed by atoms with van der Waals surface area (Å²) in [6, 6.07) is 11.4. The van der Waals surface area contributed by atoms with E-state index in [2.05, 4.69) is 15.5 Å². The molecular formula is C17H17N3O3. The van der Waals surface area contributed by atoms with Crippen LogP contribution in [0.1, 0.15) is 23.8 Å². The van der Waals surface area contributed by atoms with Gasteiger partial charge in [0.1, 0.15) is 17.2 Å². The molecule has 0 amide bonds. The summed E-state index contributed by atoms with van der Waals surface area (Å²) < 4.78 is 11.5. The van der Waals surface area contributed by atoms with E-state index in [1.54, 1.807) is 6.20 Å². The molecule has 23 heavy (non-hydrogen) atoms. The van der Waals surface area contributed by atoms with Crippen LogP contribution in [-0.2, 0) is 6.54 Å². The van der Waals surface area contributed by atoms with Crippen LogP contribution in [0.5, 0.6) is 5.75 Å². The van der Waals surface area contributed by atoms with Crippen LogP contribution >= 0.6 is 0 Å². The van der Waals surface area contributed by atoms with E-state index in [1.165, 1.54) is 0 Å². The summed E-state index contributed by atoms with van der Waals surface area (Å²) in [5.41, 5.74) is 2.54. The smallest absolute Gasteiger partial charge is 0.152 e. The average molecular weight is 311 g/mol. The molecule has 6 nitrogen and oxygen atoms in total. The van der Waals surface area contributed by atoms with Gasteiger partial charge in [-0.1, -0.05) is 12.1 Å². The molecule has 118 valence electrons. The Bertz CT molecular complexity index is 795. The highest BCUT2D eigenvalue weighted by Gasteiger charge is 2.21. The number of aliphatic hydroxyl groups excluding tert-OH is 1. The van der Waals surface area contributed by atoms with Gasteiger partial charge in [0.2, 0.25) is 0 Å². The van der Waals surface area contributed by atoms with Crippen molar-refractivity contribution in [2.24, 2.45) is 0 Å². The number of H-pyrrole nitrogens is 1. The Morgan fingerprint density at radius 3 is 3.09 bits per heavy atom. The van der Waals surface area contributed by atoms with Crippen molar-refractivity contribution in [3.05, 3.63) is 53.9 Å². The minimum absolute atomic E-state index is 0.462. The quantitative estimate of drug-likeness (QED) is 0.689. The largest absolute Gasteiger partial charge is 0.491 e. The van der Waals surface area contributed by atoms with Crippen molar-refractivity contribution in [3.8, 4) is 17.2 Å². The molecular weight excluding hydrogens is 294 g/mol. The first kappa shape index (κ1) is 13.9. The normalized spacial score (nSPS) is 16.7. The van der Waals surface area contributed by atoms with E-state index in [9.17, 15) is 5.11 Å². The number of hydrogen-bond acceptors (Lipinski definition) is 5. The third-order valence-electron chi connectivity index (χ3n) is 3.92. The number of aromatic nitrogens is 2. The first-order chi connectivity index (χ1) is 11.3. The Hall–Kier alpha value is -2.73. The zero-order valence-electron chi connectivity index (χ0n) is 12.5. The second-order valence-electron chi connectivity index (χ2n) is 5.47. The number of aromatic amines is 1. The highest BCUT2D eigenvalue weighted by molar-refractivity contribution is 5.61. The second kappa shape index (κ2) is 5.81. The van der Waals surface area contributed by atoms with E-state index >= 15 is 0 Å². The van der Waals surface area contributed by atoms with Gasteiger partial charge in [0.25, 0.3) is 0 Å². The molecule has 6 heteroatoms. The first-order valence-corrected chi connectivity index (χ1v) is 7.57. The zero-order chi connectivity index (χ0) is 15.6. The predicted molar refractivity (Wildman–Crippen MR) is 85.1 cm³/mol. The molecule has 0 unspecified atom stereocenters. The van der Waals surface area contributed by atoms with Crippen LogP contribution in [0.15, 0.2) is 47.0 Å². The van der Waals surface area contributed by atoms with Gasteiger partial charge in [0, 0.05) is 18.2 Å². The molecule has 0 radical (unpaired) electrons. The van der Waals surface area contributed by atoms with E-state index in [0.717, 1.165) is 34.2 Å². The molecule has 1 aromatic carbocycles. The van der Waals surface area contributed by atoms with Crippen molar-refractivity contribution in [2.75, 3.05) is 11.9 Å². The maximum absolute atomic E-state index is 10.0. The summed E-state index contributed by atoms with van der Waals surface area (Å²) in [4.78, 5) is 0. The number of anilines is 1. The molecule has 0 aliphatic carbocycles. The fourth-order valence-electron chi connectivity index (χ4n) is 2.74. The number of aliphatic hydroxyl groups is 1. The van der Waals surface area contributed by atoms with Gasteiger partial charge in [-0.2, -0.15) is 5.10 Å². The minimum atomic E-state index is -0.462. The van der Waals surface area contributed by atoms with Crippen LogP contribution < -0.4 is 10.1 Å². The summed E-state index contributed by atoms with van der Waals surface area (Å²) >= 11 is 0. The summed E-state index contributed by atoms with van der Waals surface area (Å²) in [6.45, 7) is 1.06. The molecule has 3 heterocycles. The number of benzene rings is 1. The molecule has 3 N–H and O–H groups in total. The fourth-order valence-corrected chi connectivity index (χ4v) is 2.74. The molecule has 3 aromatic rings. The third kappa shape index (κ3) is 2.68.